The van der Waals surface area contributed by atoms with Crippen molar-refractivity contribution in [3.05, 3.63) is 35.6 Å². The van der Waals surface area contributed by atoms with E-state index < -0.39 is 12.7 Å². The average molecular weight is 305 g/mol. The summed E-state index contributed by atoms with van der Waals surface area (Å²) in [5.41, 5.74) is 6.73. The van der Waals surface area contributed by atoms with E-state index in [4.69, 9.17) is 5.73 Å². The predicted molar refractivity (Wildman–Crippen MR) is 72.3 cm³/mol. The maximum Gasteiger partial charge on any atom is 0.401 e. The van der Waals surface area contributed by atoms with Gasteiger partial charge in [0.2, 0.25) is 0 Å². The Labute approximate surface area is 121 Å². The predicted octanol–water partition coefficient (Wildman–Crippen LogP) is 2.01. The normalized spacial score (nSPS) is 19.7. The minimum atomic E-state index is -4.15. The van der Waals surface area contributed by atoms with Crippen LogP contribution in [-0.4, -0.2) is 55.2 Å². The van der Waals surface area contributed by atoms with Gasteiger partial charge in [0.05, 0.1) is 6.54 Å². The Balaban J connectivity index is 1.81. The molecule has 1 aliphatic rings. The Morgan fingerprint density at radius 1 is 1.10 bits per heavy atom. The molecule has 7 heteroatoms. The van der Waals surface area contributed by atoms with Gasteiger partial charge in [0.1, 0.15) is 5.82 Å². The first-order valence-corrected chi connectivity index (χ1v) is 6.86. The highest BCUT2D eigenvalue weighted by atomic mass is 19.4. The van der Waals surface area contributed by atoms with E-state index >= 15 is 0 Å². The maximum atomic E-state index is 13.1. The van der Waals surface area contributed by atoms with Crippen molar-refractivity contribution in [1.82, 2.24) is 9.80 Å². The third-order valence-corrected chi connectivity index (χ3v) is 3.60. The molecule has 0 spiro atoms. The molecule has 2 rings (SSSR count). The lowest BCUT2D eigenvalue weighted by atomic mass is 10.1. The van der Waals surface area contributed by atoms with Gasteiger partial charge in [-0.2, -0.15) is 13.2 Å². The number of halogens is 4. The van der Waals surface area contributed by atoms with Crippen LogP contribution in [-0.2, 0) is 0 Å². The Hall–Kier alpha value is -1.18. The fraction of sp³-hybridized carbons (Fsp3) is 0.571. The fourth-order valence-electron chi connectivity index (χ4n) is 2.50. The quantitative estimate of drug-likeness (QED) is 0.864. The molecule has 1 aromatic rings. The minimum Gasteiger partial charge on any atom is -0.323 e. The molecule has 0 saturated carbocycles. The minimum absolute atomic E-state index is 0.335. The standard InChI is InChI=1S/C14H19F4N3/c15-12-3-1-2-11(8-12)13(19)9-20-4-6-21(7-5-20)10-14(16,17)18/h1-3,8,13H,4-7,9-10,19H2. The second-order valence-electron chi connectivity index (χ2n) is 5.35. The van der Waals surface area contributed by atoms with E-state index in [9.17, 15) is 17.6 Å². The van der Waals surface area contributed by atoms with Gasteiger partial charge in [0.15, 0.2) is 0 Å². The summed E-state index contributed by atoms with van der Waals surface area (Å²) in [7, 11) is 0. The first-order chi connectivity index (χ1) is 9.83. The van der Waals surface area contributed by atoms with Crippen molar-refractivity contribution in [1.29, 1.82) is 0 Å². The van der Waals surface area contributed by atoms with Crippen LogP contribution >= 0.6 is 0 Å². The smallest absolute Gasteiger partial charge is 0.323 e. The van der Waals surface area contributed by atoms with Crippen LogP contribution < -0.4 is 5.73 Å². The molecule has 0 bridgehead atoms. The lowest BCUT2D eigenvalue weighted by molar-refractivity contribution is -0.149. The van der Waals surface area contributed by atoms with E-state index in [1.54, 1.807) is 12.1 Å². The Morgan fingerprint density at radius 2 is 1.71 bits per heavy atom. The number of hydrogen-bond donors (Lipinski definition) is 1. The molecule has 1 unspecified atom stereocenters. The zero-order valence-corrected chi connectivity index (χ0v) is 11.6. The lowest BCUT2D eigenvalue weighted by Gasteiger charge is -2.36. The highest BCUT2D eigenvalue weighted by Crippen LogP contribution is 2.18. The zero-order valence-electron chi connectivity index (χ0n) is 11.6. The first kappa shape index (κ1) is 16.2. The van der Waals surface area contributed by atoms with Crippen LogP contribution in [0, 0.1) is 5.82 Å². The topological polar surface area (TPSA) is 32.5 Å². The number of benzene rings is 1. The summed E-state index contributed by atoms with van der Waals surface area (Å²) >= 11 is 0. The fourth-order valence-corrected chi connectivity index (χ4v) is 2.50. The monoisotopic (exact) mass is 305 g/mol. The van der Waals surface area contributed by atoms with E-state index in [1.807, 2.05) is 4.90 Å². The summed E-state index contributed by atoms with van der Waals surface area (Å²) in [6.45, 7) is 1.48. The highest BCUT2D eigenvalue weighted by Gasteiger charge is 2.32. The molecule has 0 amide bonds. The molecule has 2 N–H and O–H groups in total. The van der Waals surface area contributed by atoms with Gasteiger partial charge in [-0.05, 0) is 17.7 Å². The molecule has 3 nitrogen and oxygen atoms in total. The van der Waals surface area contributed by atoms with Gasteiger partial charge in [-0.15, -0.1) is 0 Å². The molecule has 1 fully saturated rings. The summed E-state index contributed by atoms with van der Waals surface area (Å²) < 4.78 is 50.0. The molecule has 1 saturated heterocycles. The highest BCUT2D eigenvalue weighted by molar-refractivity contribution is 5.20. The van der Waals surface area contributed by atoms with Crippen molar-refractivity contribution in [2.24, 2.45) is 5.73 Å². The summed E-state index contributed by atoms with van der Waals surface area (Å²) in [6, 6.07) is 5.77. The number of alkyl halides is 3. The van der Waals surface area contributed by atoms with Crippen molar-refractivity contribution in [2.75, 3.05) is 39.3 Å². The maximum absolute atomic E-state index is 13.1. The van der Waals surface area contributed by atoms with Crippen molar-refractivity contribution < 1.29 is 17.6 Å². The molecule has 21 heavy (non-hydrogen) atoms. The third-order valence-electron chi connectivity index (χ3n) is 3.60. The number of nitrogens with two attached hydrogens (primary N) is 1. The zero-order chi connectivity index (χ0) is 15.5. The van der Waals surface area contributed by atoms with Gasteiger partial charge in [0, 0.05) is 38.8 Å². The summed E-state index contributed by atoms with van der Waals surface area (Å²) in [5.74, 6) is -0.335. The molecular formula is C14H19F4N3. The number of rotatable bonds is 4. The lowest BCUT2D eigenvalue weighted by Crippen LogP contribution is -2.50. The summed E-state index contributed by atoms with van der Waals surface area (Å²) in [4.78, 5) is 3.41. The van der Waals surface area contributed by atoms with Gasteiger partial charge < -0.3 is 5.73 Å². The van der Waals surface area contributed by atoms with Crippen LogP contribution in [0.5, 0.6) is 0 Å². The molecule has 0 radical (unpaired) electrons. The molecule has 118 valence electrons. The molecular weight excluding hydrogens is 286 g/mol. The number of piperazine rings is 1. The van der Waals surface area contributed by atoms with Crippen molar-refractivity contribution in [3.8, 4) is 0 Å². The van der Waals surface area contributed by atoms with Crippen LogP contribution in [0.2, 0.25) is 0 Å². The average Bonchev–Trinajstić information content (AvgIpc) is 2.39. The van der Waals surface area contributed by atoms with Crippen molar-refractivity contribution >= 4 is 0 Å². The van der Waals surface area contributed by atoms with E-state index in [-0.39, 0.29) is 11.9 Å². The SMILES string of the molecule is NC(CN1CCN(CC(F)(F)F)CC1)c1cccc(F)c1. The van der Waals surface area contributed by atoms with Crippen LogP contribution in [0.4, 0.5) is 17.6 Å². The molecule has 1 aromatic carbocycles. The van der Waals surface area contributed by atoms with Crippen molar-refractivity contribution in [2.45, 2.75) is 12.2 Å². The molecule has 1 aliphatic heterocycles. The summed E-state index contributed by atoms with van der Waals surface area (Å²) in [5, 5.41) is 0. The van der Waals surface area contributed by atoms with E-state index in [2.05, 4.69) is 0 Å². The van der Waals surface area contributed by atoms with E-state index in [0.717, 1.165) is 0 Å². The van der Waals surface area contributed by atoms with Gasteiger partial charge >= 0.3 is 6.18 Å². The first-order valence-electron chi connectivity index (χ1n) is 6.86. The van der Waals surface area contributed by atoms with Crippen LogP contribution in [0.25, 0.3) is 0 Å². The van der Waals surface area contributed by atoms with Crippen LogP contribution in [0.1, 0.15) is 11.6 Å². The van der Waals surface area contributed by atoms with Gasteiger partial charge in [0.25, 0.3) is 0 Å². The molecule has 1 atom stereocenters. The second kappa shape index (κ2) is 6.72. The summed E-state index contributed by atoms with van der Waals surface area (Å²) in [6.07, 6.45) is -4.15. The van der Waals surface area contributed by atoms with Crippen LogP contribution in [0.15, 0.2) is 24.3 Å². The van der Waals surface area contributed by atoms with Gasteiger partial charge in [-0.1, -0.05) is 12.1 Å². The molecule has 1 heterocycles. The van der Waals surface area contributed by atoms with Gasteiger partial charge in [-0.25, -0.2) is 4.39 Å². The largest absolute Gasteiger partial charge is 0.401 e. The second-order valence-corrected chi connectivity index (χ2v) is 5.35. The van der Waals surface area contributed by atoms with E-state index in [1.165, 1.54) is 17.0 Å². The molecule has 0 aromatic heterocycles. The number of nitrogens with zero attached hydrogens (tertiary/aromatic N) is 2. The van der Waals surface area contributed by atoms with Crippen LogP contribution in [0.3, 0.4) is 0 Å². The third kappa shape index (κ3) is 5.26. The Bertz CT molecular complexity index is 456. The Kier molecular flexibility index (Phi) is 5.18. The van der Waals surface area contributed by atoms with Gasteiger partial charge in [-0.3, -0.25) is 9.80 Å². The molecule has 0 aliphatic carbocycles. The van der Waals surface area contributed by atoms with Crippen molar-refractivity contribution in [3.63, 3.8) is 0 Å². The number of hydrogen-bond acceptors (Lipinski definition) is 3. The van der Waals surface area contributed by atoms with E-state index in [0.29, 0.717) is 38.3 Å². The Morgan fingerprint density at radius 3 is 2.29 bits per heavy atom.